The first-order valence-corrected chi connectivity index (χ1v) is 10.7. The van der Waals surface area contributed by atoms with E-state index in [1.54, 1.807) is 11.8 Å². The lowest BCUT2D eigenvalue weighted by Crippen LogP contribution is -2.38. The van der Waals surface area contributed by atoms with Crippen molar-refractivity contribution in [3.8, 4) is 0 Å². The molecule has 1 fully saturated rings. The average Bonchev–Trinajstić information content (AvgIpc) is 2.74. The third kappa shape index (κ3) is 6.69. The minimum absolute atomic E-state index is 0.110. The van der Waals surface area contributed by atoms with E-state index in [-0.39, 0.29) is 11.2 Å². The van der Waals surface area contributed by atoms with Gasteiger partial charge in [0.1, 0.15) is 0 Å². The maximum Gasteiger partial charge on any atom is 0.230 e. The minimum atomic E-state index is 0.110. The van der Waals surface area contributed by atoms with Gasteiger partial charge in [-0.1, -0.05) is 60.7 Å². The van der Waals surface area contributed by atoms with Gasteiger partial charge in [0.05, 0.1) is 24.2 Å². The van der Waals surface area contributed by atoms with Crippen molar-refractivity contribution in [3.63, 3.8) is 0 Å². The summed E-state index contributed by atoms with van der Waals surface area (Å²) in [7, 11) is 0. The molecule has 0 radical (unpaired) electrons. The van der Waals surface area contributed by atoms with Gasteiger partial charge in [-0.3, -0.25) is 9.69 Å². The average molecular weight is 385 g/mol. The predicted molar refractivity (Wildman–Crippen MR) is 112 cm³/mol. The highest BCUT2D eigenvalue weighted by atomic mass is 32.2. The number of carbonyl (C=O) groups is 1. The number of nitrogens with zero attached hydrogens (tertiary/aromatic N) is 1. The monoisotopic (exact) mass is 384 g/mol. The second kappa shape index (κ2) is 11.1. The molecule has 0 aromatic heterocycles. The van der Waals surface area contributed by atoms with E-state index in [2.05, 4.69) is 58.7 Å². The number of carbonyl (C=O) groups excluding carboxylic acids is 1. The summed E-state index contributed by atoms with van der Waals surface area (Å²) in [5.41, 5.74) is 2.46. The molecule has 4 nitrogen and oxygen atoms in total. The van der Waals surface area contributed by atoms with Crippen LogP contribution in [0, 0.1) is 0 Å². The second-order valence-electron chi connectivity index (χ2n) is 6.67. The topological polar surface area (TPSA) is 41.6 Å². The third-order valence-electron chi connectivity index (χ3n) is 4.66. The number of amides is 1. The summed E-state index contributed by atoms with van der Waals surface area (Å²) in [6.07, 6.45) is 0.983. The molecule has 0 spiro atoms. The second-order valence-corrected chi connectivity index (χ2v) is 7.76. The number of morpholine rings is 1. The van der Waals surface area contributed by atoms with E-state index in [4.69, 9.17) is 4.74 Å². The summed E-state index contributed by atoms with van der Waals surface area (Å²) in [5, 5.41) is 3.24. The molecular weight excluding hydrogens is 356 g/mol. The van der Waals surface area contributed by atoms with E-state index in [1.165, 1.54) is 11.1 Å². The van der Waals surface area contributed by atoms with Crippen molar-refractivity contribution < 1.29 is 9.53 Å². The highest BCUT2D eigenvalue weighted by molar-refractivity contribution is 8.00. The minimum Gasteiger partial charge on any atom is -0.379 e. The number of hydrogen-bond donors (Lipinski definition) is 1. The van der Waals surface area contributed by atoms with E-state index in [1.807, 2.05) is 12.1 Å². The van der Waals surface area contributed by atoms with Crippen molar-refractivity contribution in [2.24, 2.45) is 0 Å². The van der Waals surface area contributed by atoms with Crippen LogP contribution in [0.1, 0.15) is 22.8 Å². The van der Waals surface area contributed by atoms with Gasteiger partial charge in [0.25, 0.3) is 0 Å². The Kier molecular flexibility index (Phi) is 8.21. The molecule has 0 aliphatic carbocycles. The first kappa shape index (κ1) is 19.9. The van der Waals surface area contributed by atoms with Crippen LogP contribution in [0.25, 0.3) is 0 Å². The molecule has 1 heterocycles. The van der Waals surface area contributed by atoms with Crippen LogP contribution in [0.2, 0.25) is 0 Å². The quantitative estimate of drug-likeness (QED) is 0.673. The Morgan fingerprint density at radius 2 is 1.59 bits per heavy atom. The molecular formula is C22H28N2O2S. The summed E-state index contributed by atoms with van der Waals surface area (Å²) in [6, 6.07) is 20.8. The fourth-order valence-electron chi connectivity index (χ4n) is 3.21. The van der Waals surface area contributed by atoms with Crippen molar-refractivity contribution in [1.29, 1.82) is 0 Å². The van der Waals surface area contributed by atoms with Crippen LogP contribution in [0.3, 0.4) is 0 Å². The van der Waals surface area contributed by atoms with Gasteiger partial charge in [-0.05, 0) is 24.1 Å². The van der Waals surface area contributed by atoms with Gasteiger partial charge < -0.3 is 10.1 Å². The van der Waals surface area contributed by atoms with Crippen LogP contribution in [0.5, 0.6) is 0 Å². The molecule has 1 aliphatic heterocycles. The van der Waals surface area contributed by atoms with Crippen LogP contribution in [0.15, 0.2) is 60.7 Å². The number of ether oxygens (including phenoxy) is 1. The lowest BCUT2D eigenvalue weighted by molar-refractivity contribution is -0.118. The van der Waals surface area contributed by atoms with Crippen molar-refractivity contribution in [3.05, 3.63) is 71.8 Å². The molecule has 5 heteroatoms. The molecule has 1 aliphatic rings. The number of nitrogens with one attached hydrogen (secondary N) is 1. The molecule has 2 aromatic carbocycles. The smallest absolute Gasteiger partial charge is 0.230 e. The Morgan fingerprint density at radius 3 is 2.19 bits per heavy atom. The Morgan fingerprint density at radius 1 is 1.00 bits per heavy atom. The van der Waals surface area contributed by atoms with Crippen LogP contribution in [-0.2, 0) is 9.53 Å². The van der Waals surface area contributed by atoms with Gasteiger partial charge in [0.2, 0.25) is 5.91 Å². The molecule has 144 valence electrons. The lowest BCUT2D eigenvalue weighted by Gasteiger charge is -2.26. The Hall–Kier alpha value is -1.82. The van der Waals surface area contributed by atoms with E-state index in [0.29, 0.717) is 5.75 Å². The molecule has 1 N–H and O–H groups in total. The fraction of sp³-hybridized carbons (Fsp3) is 0.409. The first-order valence-electron chi connectivity index (χ1n) is 9.61. The Bertz CT molecular complexity index is 636. The van der Waals surface area contributed by atoms with Crippen LogP contribution >= 0.6 is 11.8 Å². The van der Waals surface area contributed by atoms with E-state index in [9.17, 15) is 4.79 Å². The van der Waals surface area contributed by atoms with Gasteiger partial charge in [0.15, 0.2) is 0 Å². The third-order valence-corrected chi connectivity index (χ3v) is 5.97. The molecule has 27 heavy (non-hydrogen) atoms. The summed E-state index contributed by atoms with van der Waals surface area (Å²) in [6.45, 7) is 5.40. The number of benzene rings is 2. The normalized spacial score (nSPS) is 15.0. The van der Waals surface area contributed by atoms with Crippen LogP contribution < -0.4 is 5.32 Å². The van der Waals surface area contributed by atoms with E-state index < -0.39 is 0 Å². The van der Waals surface area contributed by atoms with Crippen molar-refractivity contribution in [2.45, 2.75) is 11.7 Å². The standard InChI is InChI=1S/C22H28N2O2S/c25-21(23-12-7-13-24-14-16-26-17-15-24)18-27-22(19-8-3-1-4-9-19)20-10-5-2-6-11-20/h1-6,8-11,22H,7,12-18H2,(H,23,25). The largest absolute Gasteiger partial charge is 0.379 e. The zero-order valence-electron chi connectivity index (χ0n) is 15.7. The lowest BCUT2D eigenvalue weighted by atomic mass is 10.0. The molecule has 0 bridgehead atoms. The molecule has 1 saturated heterocycles. The van der Waals surface area contributed by atoms with E-state index in [0.717, 1.165) is 45.8 Å². The van der Waals surface area contributed by atoms with Gasteiger partial charge in [-0.15, -0.1) is 11.8 Å². The van der Waals surface area contributed by atoms with Crippen LogP contribution in [-0.4, -0.2) is 56.0 Å². The number of hydrogen-bond acceptors (Lipinski definition) is 4. The number of thioether (sulfide) groups is 1. The predicted octanol–water partition coefficient (Wildman–Crippen LogP) is 3.35. The fourth-order valence-corrected chi connectivity index (χ4v) is 4.33. The zero-order valence-corrected chi connectivity index (χ0v) is 16.5. The van der Waals surface area contributed by atoms with Gasteiger partial charge >= 0.3 is 0 Å². The molecule has 1 amide bonds. The van der Waals surface area contributed by atoms with Crippen molar-refractivity contribution in [1.82, 2.24) is 10.2 Å². The molecule has 2 aromatic rings. The van der Waals surface area contributed by atoms with Gasteiger partial charge in [0, 0.05) is 19.6 Å². The van der Waals surface area contributed by atoms with Crippen molar-refractivity contribution in [2.75, 3.05) is 45.1 Å². The Balaban J connectivity index is 1.45. The highest BCUT2D eigenvalue weighted by Gasteiger charge is 2.16. The van der Waals surface area contributed by atoms with E-state index >= 15 is 0 Å². The SMILES string of the molecule is O=C(CSC(c1ccccc1)c1ccccc1)NCCCN1CCOCC1. The summed E-state index contributed by atoms with van der Waals surface area (Å²) in [5.74, 6) is 0.574. The first-order chi connectivity index (χ1) is 13.3. The number of rotatable bonds is 9. The highest BCUT2D eigenvalue weighted by Crippen LogP contribution is 2.35. The zero-order chi connectivity index (χ0) is 18.7. The van der Waals surface area contributed by atoms with Gasteiger partial charge in [-0.25, -0.2) is 0 Å². The summed E-state index contributed by atoms with van der Waals surface area (Å²) < 4.78 is 5.36. The molecule has 0 atom stereocenters. The maximum absolute atomic E-state index is 12.3. The van der Waals surface area contributed by atoms with Gasteiger partial charge in [-0.2, -0.15) is 0 Å². The van der Waals surface area contributed by atoms with Crippen molar-refractivity contribution >= 4 is 17.7 Å². The summed E-state index contributed by atoms with van der Waals surface area (Å²) >= 11 is 1.68. The molecule has 3 rings (SSSR count). The molecule has 0 unspecified atom stereocenters. The Labute approximate surface area is 166 Å². The molecule has 0 saturated carbocycles. The van der Waals surface area contributed by atoms with Crippen LogP contribution in [0.4, 0.5) is 0 Å². The maximum atomic E-state index is 12.3. The summed E-state index contributed by atoms with van der Waals surface area (Å²) in [4.78, 5) is 14.7.